The molecule has 1 aromatic heterocycles. The van der Waals surface area contributed by atoms with Crippen molar-refractivity contribution >= 4 is 34.2 Å². The number of amides is 4. The van der Waals surface area contributed by atoms with E-state index in [1.54, 1.807) is 26.2 Å². The molecule has 34 heavy (non-hydrogen) atoms. The minimum atomic E-state index is -0.523. The number of hydrogen-bond donors (Lipinski definition) is 2. The number of thiophene rings is 1. The Morgan fingerprint density at radius 3 is 2.12 bits per heavy atom. The number of ether oxygens (including phenoxy) is 3. The SMILES string of the molecule is CCOc1cc(C(=O)Nc2sc3c(c2C(=O)NC(=O)N(C)C)CCC3)cc(OCC)c1OCC. The lowest BCUT2D eigenvalue weighted by atomic mass is 10.1. The lowest BCUT2D eigenvalue weighted by Crippen LogP contribution is -2.39. The zero-order chi connectivity index (χ0) is 24.8. The number of imide groups is 1. The monoisotopic (exact) mass is 489 g/mol. The van der Waals surface area contributed by atoms with Crippen LogP contribution >= 0.6 is 11.3 Å². The summed E-state index contributed by atoms with van der Waals surface area (Å²) < 4.78 is 17.1. The smallest absolute Gasteiger partial charge is 0.323 e. The Labute approximate surface area is 203 Å². The molecule has 1 aromatic carbocycles. The quantitative estimate of drug-likeness (QED) is 0.549. The van der Waals surface area contributed by atoms with Crippen molar-refractivity contribution in [2.75, 3.05) is 39.2 Å². The number of nitrogens with one attached hydrogen (secondary N) is 2. The van der Waals surface area contributed by atoms with E-state index in [1.807, 2.05) is 20.8 Å². The van der Waals surface area contributed by atoms with Crippen LogP contribution in [0, 0.1) is 0 Å². The van der Waals surface area contributed by atoms with Gasteiger partial charge in [-0.1, -0.05) is 0 Å². The molecule has 0 fully saturated rings. The molecule has 2 aromatic rings. The van der Waals surface area contributed by atoms with Crippen molar-refractivity contribution in [2.24, 2.45) is 0 Å². The average molecular weight is 490 g/mol. The first-order chi connectivity index (χ1) is 16.3. The van der Waals surface area contributed by atoms with Gasteiger partial charge in [0.2, 0.25) is 5.75 Å². The Balaban J connectivity index is 1.95. The fraction of sp³-hybridized carbons (Fsp3) is 0.458. The molecule has 0 aliphatic heterocycles. The predicted molar refractivity (Wildman–Crippen MR) is 131 cm³/mol. The highest BCUT2D eigenvalue weighted by atomic mass is 32.1. The van der Waals surface area contributed by atoms with Gasteiger partial charge in [0.1, 0.15) is 5.00 Å². The van der Waals surface area contributed by atoms with E-state index in [4.69, 9.17) is 14.2 Å². The molecule has 10 heteroatoms. The largest absolute Gasteiger partial charge is 0.490 e. The van der Waals surface area contributed by atoms with Gasteiger partial charge in [-0.2, -0.15) is 0 Å². The molecule has 3 rings (SSSR count). The summed E-state index contributed by atoms with van der Waals surface area (Å²) in [4.78, 5) is 40.6. The van der Waals surface area contributed by atoms with Crippen LogP contribution < -0.4 is 24.8 Å². The Kier molecular flexibility index (Phi) is 8.38. The van der Waals surface area contributed by atoms with Crippen molar-refractivity contribution in [3.63, 3.8) is 0 Å². The number of hydrogen-bond acceptors (Lipinski definition) is 7. The number of rotatable bonds is 9. The van der Waals surface area contributed by atoms with Gasteiger partial charge < -0.3 is 24.4 Å². The lowest BCUT2D eigenvalue weighted by molar-refractivity contribution is 0.0957. The van der Waals surface area contributed by atoms with Crippen LogP contribution in [-0.4, -0.2) is 56.7 Å². The molecular weight excluding hydrogens is 458 g/mol. The van der Waals surface area contributed by atoms with E-state index in [9.17, 15) is 14.4 Å². The first-order valence-electron chi connectivity index (χ1n) is 11.4. The van der Waals surface area contributed by atoms with Crippen LogP contribution in [0.25, 0.3) is 0 Å². The predicted octanol–water partition coefficient (Wildman–Crippen LogP) is 4.10. The Morgan fingerprint density at radius 2 is 1.56 bits per heavy atom. The summed E-state index contributed by atoms with van der Waals surface area (Å²) in [6.45, 7) is 6.73. The van der Waals surface area contributed by atoms with Crippen molar-refractivity contribution in [3.05, 3.63) is 33.7 Å². The number of urea groups is 1. The molecule has 4 amide bonds. The van der Waals surface area contributed by atoms with Gasteiger partial charge in [-0.25, -0.2) is 4.79 Å². The Hall–Kier alpha value is -3.27. The second-order valence-corrected chi connectivity index (χ2v) is 8.88. The summed E-state index contributed by atoms with van der Waals surface area (Å²) in [5.41, 5.74) is 1.54. The number of carbonyl (C=O) groups is 3. The number of anilines is 1. The van der Waals surface area contributed by atoms with Crippen molar-refractivity contribution in [3.8, 4) is 17.2 Å². The summed E-state index contributed by atoms with van der Waals surface area (Å²) in [6, 6.07) is 2.68. The maximum absolute atomic E-state index is 13.3. The topological polar surface area (TPSA) is 106 Å². The summed E-state index contributed by atoms with van der Waals surface area (Å²) >= 11 is 1.37. The molecule has 184 valence electrons. The van der Waals surface area contributed by atoms with Crippen molar-refractivity contribution < 1.29 is 28.6 Å². The second-order valence-electron chi connectivity index (χ2n) is 7.77. The van der Waals surface area contributed by atoms with Gasteiger partial charge in [-0.15, -0.1) is 11.3 Å². The molecule has 1 aliphatic rings. The van der Waals surface area contributed by atoms with Crippen LogP contribution in [-0.2, 0) is 12.8 Å². The van der Waals surface area contributed by atoms with Crippen LogP contribution in [0.5, 0.6) is 17.2 Å². The van der Waals surface area contributed by atoms with Gasteiger partial charge in [0.25, 0.3) is 11.8 Å². The van der Waals surface area contributed by atoms with Crippen LogP contribution in [0.4, 0.5) is 9.80 Å². The molecule has 0 bridgehead atoms. The summed E-state index contributed by atoms with van der Waals surface area (Å²) in [5, 5.41) is 5.68. The maximum Gasteiger partial charge on any atom is 0.323 e. The molecule has 0 atom stereocenters. The van der Waals surface area contributed by atoms with E-state index in [2.05, 4.69) is 10.6 Å². The van der Waals surface area contributed by atoms with E-state index in [1.165, 1.54) is 16.2 Å². The fourth-order valence-electron chi connectivity index (χ4n) is 3.70. The minimum absolute atomic E-state index is 0.305. The highest BCUT2D eigenvalue weighted by Gasteiger charge is 2.29. The Morgan fingerprint density at radius 1 is 0.941 bits per heavy atom. The van der Waals surface area contributed by atoms with Crippen molar-refractivity contribution in [1.82, 2.24) is 10.2 Å². The van der Waals surface area contributed by atoms with E-state index in [-0.39, 0.29) is 0 Å². The minimum Gasteiger partial charge on any atom is -0.490 e. The molecule has 0 saturated carbocycles. The number of aryl methyl sites for hydroxylation is 1. The second kappa shape index (κ2) is 11.2. The van der Waals surface area contributed by atoms with E-state index in [0.717, 1.165) is 29.7 Å². The number of benzene rings is 1. The fourth-order valence-corrected chi connectivity index (χ4v) is 4.98. The molecule has 0 saturated heterocycles. The molecule has 1 heterocycles. The zero-order valence-corrected chi connectivity index (χ0v) is 21.0. The zero-order valence-electron chi connectivity index (χ0n) is 20.2. The first-order valence-corrected chi connectivity index (χ1v) is 12.2. The molecule has 9 nitrogen and oxygen atoms in total. The third-order valence-corrected chi connectivity index (χ3v) is 6.38. The average Bonchev–Trinajstić information content (AvgIpc) is 3.36. The molecule has 0 spiro atoms. The summed E-state index contributed by atoms with van der Waals surface area (Å²) in [6.07, 6.45) is 2.50. The molecule has 1 aliphatic carbocycles. The van der Waals surface area contributed by atoms with Crippen molar-refractivity contribution in [2.45, 2.75) is 40.0 Å². The summed E-state index contributed by atoms with van der Waals surface area (Å²) in [7, 11) is 3.11. The van der Waals surface area contributed by atoms with E-state index in [0.29, 0.717) is 53.2 Å². The molecule has 2 N–H and O–H groups in total. The van der Waals surface area contributed by atoms with Gasteiger partial charge in [-0.05, 0) is 57.7 Å². The van der Waals surface area contributed by atoms with Gasteiger partial charge in [-0.3, -0.25) is 14.9 Å². The molecule has 0 radical (unpaired) electrons. The van der Waals surface area contributed by atoms with Crippen LogP contribution in [0.2, 0.25) is 0 Å². The van der Waals surface area contributed by atoms with Crippen LogP contribution in [0.1, 0.15) is 58.3 Å². The van der Waals surface area contributed by atoms with Gasteiger partial charge in [0.05, 0.1) is 25.4 Å². The number of carbonyl (C=O) groups excluding carboxylic acids is 3. The molecular formula is C24H31N3O6S. The highest BCUT2D eigenvalue weighted by molar-refractivity contribution is 7.17. The van der Waals surface area contributed by atoms with Crippen LogP contribution in [0.15, 0.2) is 12.1 Å². The van der Waals surface area contributed by atoms with Crippen molar-refractivity contribution in [1.29, 1.82) is 0 Å². The van der Waals surface area contributed by atoms with E-state index >= 15 is 0 Å². The van der Waals surface area contributed by atoms with E-state index < -0.39 is 17.8 Å². The number of nitrogens with zero attached hydrogens (tertiary/aromatic N) is 1. The summed E-state index contributed by atoms with van der Waals surface area (Å²) in [5.74, 6) is 0.315. The van der Waals surface area contributed by atoms with Gasteiger partial charge in [0.15, 0.2) is 11.5 Å². The third kappa shape index (κ3) is 5.44. The maximum atomic E-state index is 13.3. The van der Waals surface area contributed by atoms with Crippen LogP contribution in [0.3, 0.4) is 0 Å². The normalized spacial score (nSPS) is 12.0. The lowest BCUT2D eigenvalue weighted by Gasteiger charge is -2.17. The third-order valence-electron chi connectivity index (χ3n) is 5.17. The highest BCUT2D eigenvalue weighted by Crippen LogP contribution is 2.41. The van der Waals surface area contributed by atoms with Gasteiger partial charge in [0, 0.05) is 24.5 Å². The standard InChI is InChI=1S/C24H31N3O6S/c1-6-31-16-12-14(13-17(32-7-2)20(16)33-8-3)21(28)25-23-19(15-10-9-11-18(15)34-23)22(29)26-24(30)27(4)5/h12-13H,6-11H2,1-5H3,(H,25,28)(H,26,29,30). The van der Waals surface area contributed by atoms with Gasteiger partial charge >= 0.3 is 6.03 Å². The Bertz CT molecular complexity index is 1050. The number of fused-ring (bicyclic) bond motifs is 1. The first kappa shape index (κ1) is 25.4. The molecule has 0 unspecified atom stereocenters.